The second-order valence-corrected chi connectivity index (χ2v) is 6.45. The van der Waals surface area contributed by atoms with Crippen LogP contribution < -0.4 is 4.74 Å². The topological polar surface area (TPSA) is 41.2 Å². The molecule has 2 aromatic carbocycles. The van der Waals surface area contributed by atoms with Crippen LogP contribution in [0.1, 0.15) is 25.3 Å². The fourth-order valence-electron chi connectivity index (χ4n) is 2.84. The molecule has 1 heterocycles. The predicted molar refractivity (Wildman–Crippen MR) is 102 cm³/mol. The van der Waals surface area contributed by atoms with E-state index >= 15 is 0 Å². The number of halogens is 1. The molecule has 0 spiro atoms. The molecule has 5 heteroatoms. The number of unbranched alkanes of at least 4 members (excludes halogenated alkanes) is 1. The van der Waals surface area contributed by atoms with Crippen molar-refractivity contribution in [1.29, 1.82) is 0 Å². The fourth-order valence-corrected chi connectivity index (χ4v) is 2.84. The number of hydrogen-bond acceptors (Lipinski definition) is 3. The van der Waals surface area contributed by atoms with Gasteiger partial charge in [0.15, 0.2) is 0 Å². The molecule has 0 atom stereocenters. The highest BCUT2D eigenvalue weighted by molar-refractivity contribution is 5.63. The predicted octanol–water partition coefficient (Wildman–Crippen LogP) is 5.24. The van der Waals surface area contributed by atoms with Crippen molar-refractivity contribution in [3.8, 4) is 22.8 Å². The largest absolute Gasteiger partial charge is 0.457 e. The quantitative estimate of drug-likeness (QED) is 0.602. The Hall–Kier alpha value is -2.66. The number of aromatic amines is 1. The van der Waals surface area contributed by atoms with Crippen LogP contribution in [0.3, 0.4) is 0 Å². The molecular formula is C21H24FN3O. The van der Waals surface area contributed by atoms with Crippen LogP contribution in [0.2, 0.25) is 0 Å². The first kappa shape index (κ1) is 18.1. The number of benzene rings is 2. The van der Waals surface area contributed by atoms with E-state index in [-0.39, 0.29) is 5.82 Å². The number of ether oxygens (including phenoxy) is 1. The van der Waals surface area contributed by atoms with E-state index in [2.05, 4.69) is 29.1 Å². The molecule has 0 aliphatic rings. The maximum absolute atomic E-state index is 13.3. The first-order chi connectivity index (χ1) is 12.7. The van der Waals surface area contributed by atoms with Crippen LogP contribution in [0, 0.1) is 5.82 Å². The Morgan fingerprint density at radius 1 is 1.12 bits per heavy atom. The maximum atomic E-state index is 13.3. The van der Waals surface area contributed by atoms with Gasteiger partial charge in [0.2, 0.25) is 0 Å². The van der Waals surface area contributed by atoms with Gasteiger partial charge in [0.05, 0.1) is 11.9 Å². The highest BCUT2D eigenvalue weighted by atomic mass is 19.1. The molecule has 0 fully saturated rings. The lowest BCUT2D eigenvalue weighted by atomic mass is 10.1. The number of H-pyrrole nitrogens is 1. The summed E-state index contributed by atoms with van der Waals surface area (Å²) in [6.07, 6.45) is 4.26. The van der Waals surface area contributed by atoms with Gasteiger partial charge in [-0.1, -0.05) is 19.4 Å². The van der Waals surface area contributed by atoms with Crippen LogP contribution in [0.5, 0.6) is 11.5 Å². The van der Waals surface area contributed by atoms with Crippen LogP contribution in [-0.4, -0.2) is 28.7 Å². The zero-order valence-electron chi connectivity index (χ0n) is 15.2. The van der Waals surface area contributed by atoms with Crippen LogP contribution in [0.15, 0.2) is 54.7 Å². The van der Waals surface area contributed by atoms with Gasteiger partial charge in [-0.2, -0.15) is 5.10 Å². The third kappa shape index (κ3) is 4.70. The summed E-state index contributed by atoms with van der Waals surface area (Å²) in [6.45, 7) is 4.12. The summed E-state index contributed by atoms with van der Waals surface area (Å²) in [4.78, 5) is 2.30. The summed E-state index contributed by atoms with van der Waals surface area (Å²) >= 11 is 0. The standard InChI is InChI=1S/C21H24FN3O/c1-3-4-12-25(2)15-17-14-23-24-21(17)16-8-10-19(11-9-16)26-20-7-5-6-18(22)13-20/h5-11,13-14H,3-4,12,15H2,1-2H3,(H,23,24). The lowest BCUT2D eigenvalue weighted by Gasteiger charge is -2.16. The molecule has 0 unspecified atom stereocenters. The third-order valence-corrected chi connectivity index (χ3v) is 4.23. The van der Waals surface area contributed by atoms with E-state index in [0.717, 1.165) is 24.3 Å². The number of nitrogens with one attached hydrogen (secondary N) is 1. The van der Waals surface area contributed by atoms with Crippen LogP contribution >= 0.6 is 0 Å². The van der Waals surface area contributed by atoms with Crippen molar-refractivity contribution in [1.82, 2.24) is 15.1 Å². The Morgan fingerprint density at radius 3 is 2.65 bits per heavy atom. The van der Waals surface area contributed by atoms with Crippen LogP contribution in [0.25, 0.3) is 11.3 Å². The molecule has 0 saturated heterocycles. The smallest absolute Gasteiger partial charge is 0.130 e. The zero-order valence-corrected chi connectivity index (χ0v) is 15.2. The van der Waals surface area contributed by atoms with Crippen molar-refractivity contribution in [2.75, 3.05) is 13.6 Å². The first-order valence-corrected chi connectivity index (χ1v) is 8.90. The molecule has 0 bridgehead atoms. The molecule has 4 nitrogen and oxygen atoms in total. The molecule has 26 heavy (non-hydrogen) atoms. The van der Waals surface area contributed by atoms with E-state index in [1.54, 1.807) is 12.1 Å². The van der Waals surface area contributed by atoms with Crippen molar-refractivity contribution >= 4 is 0 Å². The summed E-state index contributed by atoms with van der Waals surface area (Å²) in [5.74, 6) is 0.839. The van der Waals surface area contributed by atoms with Gasteiger partial charge in [-0.15, -0.1) is 0 Å². The third-order valence-electron chi connectivity index (χ3n) is 4.23. The Labute approximate surface area is 153 Å². The molecule has 0 amide bonds. The summed E-state index contributed by atoms with van der Waals surface area (Å²) in [5.41, 5.74) is 3.24. The van der Waals surface area contributed by atoms with Crippen molar-refractivity contribution in [3.05, 3.63) is 66.1 Å². The molecule has 1 aromatic heterocycles. The van der Waals surface area contributed by atoms with Crippen molar-refractivity contribution < 1.29 is 9.13 Å². The minimum Gasteiger partial charge on any atom is -0.457 e. The number of aromatic nitrogens is 2. The van der Waals surface area contributed by atoms with Crippen molar-refractivity contribution in [2.24, 2.45) is 0 Å². The average molecular weight is 353 g/mol. The highest BCUT2D eigenvalue weighted by Gasteiger charge is 2.10. The molecule has 0 saturated carbocycles. The first-order valence-electron chi connectivity index (χ1n) is 8.90. The van der Waals surface area contributed by atoms with Crippen LogP contribution in [-0.2, 0) is 6.54 Å². The van der Waals surface area contributed by atoms with Gasteiger partial charge >= 0.3 is 0 Å². The van der Waals surface area contributed by atoms with E-state index in [0.29, 0.717) is 11.5 Å². The van der Waals surface area contributed by atoms with Crippen molar-refractivity contribution in [3.63, 3.8) is 0 Å². The molecule has 136 valence electrons. The Balaban J connectivity index is 1.70. The summed E-state index contributed by atoms with van der Waals surface area (Å²) < 4.78 is 18.9. The molecule has 3 rings (SSSR count). The SMILES string of the molecule is CCCCN(C)Cc1cn[nH]c1-c1ccc(Oc2cccc(F)c2)cc1. The second kappa shape index (κ2) is 8.63. The van der Waals surface area contributed by atoms with Crippen LogP contribution in [0.4, 0.5) is 4.39 Å². The molecule has 1 N–H and O–H groups in total. The minimum absolute atomic E-state index is 0.312. The van der Waals surface area contributed by atoms with E-state index in [1.165, 1.54) is 30.5 Å². The summed E-state index contributed by atoms with van der Waals surface area (Å²) in [7, 11) is 2.13. The van der Waals surface area contributed by atoms with E-state index < -0.39 is 0 Å². The van der Waals surface area contributed by atoms with E-state index in [9.17, 15) is 4.39 Å². The Morgan fingerprint density at radius 2 is 1.92 bits per heavy atom. The monoisotopic (exact) mass is 353 g/mol. The molecule has 0 radical (unpaired) electrons. The molecular weight excluding hydrogens is 329 g/mol. The lowest BCUT2D eigenvalue weighted by Crippen LogP contribution is -2.19. The normalized spacial score (nSPS) is 11.1. The summed E-state index contributed by atoms with van der Waals surface area (Å²) in [6, 6.07) is 13.9. The Bertz CT molecular complexity index is 829. The fraction of sp³-hybridized carbons (Fsp3) is 0.286. The second-order valence-electron chi connectivity index (χ2n) is 6.45. The van der Waals surface area contributed by atoms with Gasteiger partial charge in [0, 0.05) is 23.7 Å². The average Bonchev–Trinajstić information content (AvgIpc) is 3.09. The van der Waals surface area contributed by atoms with Gasteiger partial charge < -0.3 is 9.64 Å². The lowest BCUT2D eigenvalue weighted by molar-refractivity contribution is 0.321. The highest BCUT2D eigenvalue weighted by Crippen LogP contribution is 2.27. The summed E-state index contributed by atoms with van der Waals surface area (Å²) in [5, 5.41) is 7.30. The molecule has 3 aromatic rings. The van der Waals surface area contributed by atoms with Gasteiger partial charge in [0.25, 0.3) is 0 Å². The number of rotatable bonds is 8. The van der Waals surface area contributed by atoms with Gasteiger partial charge in [-0.05, 0) is 56.4 Å². The minimum atomic E-state index is -0.312. The van der Waals surface area contributed by atoms with E-state index in [1.807, 2.05) is 30.5 Å². The van der Waals surface area contributed by atoms with Gasteiger partial charge in [-0.3, -0.25) is 5.10 Å². The number of nitrogens with zero attached hydrogens (tertiary/aromatic N) is 2. The molecule has 0 aliphatic carbocycles. The van der Waals surface area contributed by atoms with Gasteiger partial charge in [-0.25, -0.2) is 4.39 Å². The maximum Gasteiger partial charge on any atom is 0.130 e. The zero-order chi connectivity index (χ0) is 18.4. The Kier molecular flexibility index (Phi) is 6.02. The molecule has 0 aliphatic heterocycles. The van der Waals surface area contributed by atoms with Gasteiger partial charge in [0.1, 0.15) is 17.3 Å². The van der Waals surface area contributed by atoms with Crippen molar-refractivity contribution in [2.45, 2.75) is 26.3 Å². The number of hydrogen-bond donors (Lipinski definition) is 1. The van der Waals surface area contributed by atoms with E-state index in [4.69, 9.17) is 4.74 Å².